The van der Waals surface area contributed by atoms with Gasteiger partial charge in [0.2, 0.25) is 0 Å². The quantitative estimate of drug-likeness (QED) is 0.630. The van der Waals surface area contributed by atoms with Crippen LogP contribution in [-0.4, -0.2) is 33.3 Å². The second kappa shape index (κ2) is 4.26. The van der Waals surface area contributed by atoms with Gasteiger partial charge in [0.05, 0.1) is 0 Å². The van der Waals surface area contributed by atoms with Gasteiger partial charge in [-0.3, -0.25) is 9.69 Å². The standard InChI is InChI=1S/C13H18Cl2N2O2/c1-8-4-2-3-5-12(8)10(18)17(11(19)16-12)7-9-6-13(9,14)15/h8-9H,2-7H2,1H3,(H,16,19)/t8-,9-,12-/m1/s1. The summed E-state index contributed by atoms with van der Waals surface area (Å²) in [5.41, 5.74) is -0.675. The Bertz CT molecular complexity index is 440. The van der Waals surface area contributed by atoms with E-state index >= 15 is 0 Å². The number of carbonyl (C=O) groups is 2. The van der Waals surface area contributed by atoms with E-state index in [-0.39, 0.29) is 23.8 Å². The van der Waals surface area contributed by atoms with Crippen molar-refractivity contribution in [2.75, 3.05) is 6.54 Å². The number of imide groups is 1. The lowest BCUT2D eigenvalue weighted by atomic mass is 9.73. The maximum Gasteiger partial charge on any atom is 0.325 e. The summed E-state index contributed by atoms with van der Waals surface area (Å²) >= 11 is 12.0. The van der Waals surface area contributed by atoms with E-state index in [2.05, 4.69) is 5.32 Å². The largest absolute Gasteiger partial charge is 0.325 e. The highest BCUT2D eigenvalue weighted by Gasteiger charge is 2.59. The van der Waals surface area contributed by atoms with E-state index in [1.54, 1.807) is 0 Å². The summed E-state index contributed by atoms with van der Waals surface area (Å²) in [6.07, 6.45) is 4.49. The summed E-state index contributed by atoms with van der Waals surface area (Å²) in [6, 6.07) is -0.283. The number of nitrogens with one attached hydrogen (secondary N) is 1. The normalized spacial score (nSPS) is 40.7. The third-order valence-electron chi connectivity index (χ3n) is 4.86. The molecule has 3 amide bonds. The molecular weight excluding hydrogens is 287 g/mol. The first-order valence-corrected chi connectivity index (χ1v) is 7.64. The van der Waals surface area contributed by atoms with Crippen LogP contribution in [0, 0.1) is 11.8 Å². The molecule has 0 aromatic rings. The number of amides is 3. The lowest BCUT2D eigenvalue weighted by Crippen LogP contribution is -2.54. The molecule has 0 aromatic heterocycles. The highest BCUT2D eigenvalue weighted by Crippen LogP contribution is 2.54. The zero-order valence-corrected chi connectivity index (χ0v) is 12.4. The van der Waals surface area contributed by atoms with Gasteiger partial charge in [-0.15, -0.1) is 23.2 Å². The van der Waals surface area contributed by atoms with Crippen molar-refractivity contribution >= 4 is 35.1 Å². The fraction of sp³-hybridized carbons (Fsp3) is 0.846. The van der Waals surface area contributed by atoms with Gasteiger partial charge in [-0.25, -0.2) is 4.79 Å². The van der Waals surface area contributed by atoms with Crippen LogP contribution in [0.1, 0.15) is 39.0 Å². The minimum Gasteiger partial charge on any atom is -0.323 e. The summed E-state index contributed by atoms with van der Waals surface area (Å²) in [4.78, 5) is 26.0. The molecule has 2 saturated carbocycles. The number of hydrogen-bond donors (Lipinski definition) is 1. The Morgan fingerprint density at radius 3 is 2.63 bits per heavy atom. The van der Waals surface area contributed by atoms with Crippen LogP contribution in [0.25, 0.3) is 0 Å². The molecule has 0 radical (unpaired) electrons. The molecule has 3 atom stereocenters. The third-order valence-corrected chi connectivity index (χ3v) is 5.79. The Morgan fingerprint density at radius 1 is 1.37 bits per heavy atom. The summed E-state index contributed by atoms with van der Waals surface area (Å²) < 4.78 is -0.755. The lowest BCUT2D eigenvalue weighted by molar-refractivity contribution is -0.134. The predicted molar refractivity (Wildman–Crippen MR) is 73.2 cm³/mol. The molecule has 4 nitrogen and oxygen atoms in total. The Labute approximate surface area is 122 Å². The van der Waals surface area contributed by atoms with Gasteiger partial charge >= 0.3 is 6.03 Å². The number of alkyl halides is 2. The molecule has 0 aromatic carbocycles. The number of halogens is 2. The number of urea groups is 1. The molecule has 1 saturated heterocycles. The maximum atomic E-state index is 12.6. The van der Waals surface area contributed by atoms with Crippen molar-refractivity contribution in [3.05, 3.63) is 0 Å². The van der Waals surface area contributed by atoms with Crippen LogP contribution in [0.15, 0.2) is 0 Å². The van der Waals surface area contributed by atoms with Crippen molar-refractivity contribution in [1.82, 2.24) is 10.2 Å². The van der Waals surface area contributed by atoms with Crippen molar-refractivity contribution in [2.45, 2.75) is 48.9 Å². The van der Waals surface area contributed by atoms with Crippen molar-refractivity contribution < 1.29 is 9.59 Å². The van der Waals surface area contributed by atoms with Gasteiger partial charge < -0.3 is 5.32 Å². The molecule has 1 spiro atoms. The molecule has 6 heteroatoms. The fourth-order valence-electron chi connectivity index (χ4n) is 3.35. The van der Waals surface area contributed by atoms with Crippen molar-refractivity contribution in [1.29, 1.82) is 0 Å². The van der Waals surface area contributed by atoms with E-state index in [1.807, 2.05) is 6.92 Å². The van der Waals surface area contributed by atoms with Gasteiger partial charge in [0, 0.05) is 12.5 Å². The monoisotopic (exact) mass is 304 g/mol. The molecule has 3 fully saturated rings. The molecule has 1 N–H and O–H groups in total. The summed E-state index contributed by atoms with van der Waals surface area (Å²) in [5, 5.41) is 2.93. The summed E-state index contributed by atoms with van der Waals surface area (Å²) in [7, 11) is 0. The molecule has 19 heavy (non-hydrogen) atoms. The molecule has 3 rings (SSSR count). The van der Waals surface area contributed by atoms with Gasteiger partial charge in [-0.05, 0) is 25.2 Å². The third kappa shape index (κ3) is 2.04. The molecule has 0 unspecified atom stereocenters. The maximum absolute atomic E-state index is 12.6. The Morgan fingerprint density at radius 2 is 2.05 bits per heavy atom. The lowest BCUT2D eigenvalue weighted by Gasteiger charge is -2.36. The highest BCUT2D eigenvalue weighted by atomic mass is 35.5. The van der Waals surface area contributed by atoms with Crippen LogP contribution in [0.4, 0.5) is 4.79 Å². The molecule has 0 bridgehead atoms. The number of carbonyl (C=O) groups excluding carboxylic acids is 2. The Balaban J connectivity index is 1.77. The van der Waals surface area contributed by atoms with E-state index in [0.29, 0.717) is 13.0 Å². The zero-order chi connectivity index (χ0) is 13.8. The summed E-state index contributed by atoms with van der Waals surface area (Å²) in [6.45, 7) is 2.39. The van der Waals surface area contributed by atoms with Crippen LogP contribution in [0.5, 0.6) is 0 Å². The number of nitrogens with zero attached hydrogens (tertiary/aromatic N) is 1. The second-order valence-electron chi connectivity index (χ2n) is 6.13. The number of hydrogen-bond acceptors (Lipinski definition) is 2. The Kier molecular flexibility index (Phi) is 3.02. The molecule has 106 valence electrons. The highest BCUT2D eigenvalue weighted by molar-refractivity contribution is 6.50. The van der Waals surface area contributed by atoms with Crippen molar-refractivity contribution in [3.63, 3.8) is 0 Å². The minimum absolute atomic E-state index is 0.0135. The average molecular weight is 305 g/mol. The topological polar surface area (TPSA) is 49.4 Å². The van der Waals surface area contributed by atoms with E-state index in [1.165, 1.54) is 4.90 Å². The molecular formula is C13H18Cl2N2O2. The van der Waals surface area contributed by atoms with E-state index in [9.17, 15) is 9.59 Å². The molecule has 2 aliphatic carbocycles. The molecule has 3 aliphatic rings. The smallest absolute Gasteiger partial charge is 0.323 e. The van der Waals surface area contributed by atoms with Gasteiger partial charge in [0.25, 0.3) is 5.91 Å². The van der Waals surface area contributed by atoms with Crippen LogP contribution in [-0.2, 0) is 4.79 Å². The van der Waals surface area contributed by atoms with E-state index in [4.69, 9.17) is 23.2 Å². The number of rotatable bonds is 2. The van der Waals surface area contributed by atoms with Gasteiger partial charge in [-0.2, -0.15) is 0 Å². The Hall–Kier alpha value is -0.480. The van der Waals surface area contributed by atoms with Crippen LogP contribution in [0.3, 0.4) is 0 Å². The van der Waals surface area contributed by atoms with E-state index < -0.39 is 9.87 Å². The van der Waals surface area contributed by atoms with Gasteiger partial charge in [-0.1, -0.05) is 19.8 Å². The second-order valence-corrected chi connectivity index (χ2v) is 7.67. The predicted octanol–water partition coefficient (Wildman–Crippen LogP) is 2.68. The van der Waals surface area contributed by atoms with Crippen LogP contribution >= 0.6 is 23.2 Å². The fourth-order valence-corrected chi connectivity index (χ4v) is 3.86. The molecule has 1 aliphatic heterocycles. The summed E-state index contributed by atoms with van der Waals surface area (Å²) in [5.74, 6) is 0.124. The molecule has 1 heterocycles. The first-order valence-electron chi connectivity index (χ1n) is 6.89. The van der Waals surface area contributed by atoms with Crippen molar-refractivity contribution in [2.24, 2.45) is 11.8 Å². The average Bonchev–Trinajstić information content (AvgIpc) is 2.87. The van der Waals surface area contributed by atoms with Gasteiger partial charge in [0.15, 0.2) is 0 Å². The first kappa shape index (κ1) is 13.5. The van der Waals surface area contributed by atoms with Crippen LogP contribution < -0.4 is 5.32 Å². The first-order chi connectivity index (χ1) is 8.87. The van der Waals surface area contributed by atoms with Crippen LogP contribution in [0.2, 0.25) is 0 Å². The zero-order valence-electron chi connectivity index (χ0n) is 10.9. The van der Waals surface area contributed by atoms with Gasteiger partial charge in [0.1, 0.15) is 9.87 Å². The minimum atomic E-state index is -0.755. The van der Waals surface area contributed by atoms with Crippen molar-refractivity contribution in [3.8, 4) is 0 Å². The SMILES string of the molecule is C[C@@H]1CCCC[C@@]12NC(=O)N(C[C@H]1CC1(Cl)Cl)C2=O. The van der Waals surface area contributed by atoms with E-state index in [0.717, 1.165) is 25.7 Å².